The van der Waals surface area contributed by atoms with Gasteiger partial charge in [0.25, 0.3) is 0 Å². The smallest absolute Gasteiger partial charge is 0.378 e. The minimum atomic E-state index is -5.00. The second kappa shape index (κ2) is 7.42. The lowest BCUT2D eigenvalue weighted by molar-refractivity contribution is -0.187. The maximum absolute atomic E-state index is 12.9. The number of rotatable bonds is 2. The number of halogens is 3. The third-order valence-corrected chi connectivity index (χ3v) is 5.18. The van der Waals surface area contributed by atoms with E-state index in [4.69, 9.17) is 4.74 Å². The van der Waals surface area contributed by atoms with Crippen molar-refractivity contribution >= 4 is 17.7 Å². The van der Waals surface area contributed by atoms with E-state index in [1.165, 1.54) is 4.90 Å². The molecule has 0 aliphatic carbocycles. The Bertz CT molecular complexity index is 578. The zero-order valence-corrected chi connectivity index (χ0v) is 14.3. The molecule has 3 amide bonds. The monoisotopic (exact) mass is 377 g/mol. The lowest BCUT2D eigenvalue weighted by atomic mass is 10.1. The van der Waals surface area contributed by atoms with E-state index in [0.29, 0.717) is 57.0 Å². The summed E-state index contributed by atoms with van der Waals surface area (Å²) in [5.41, 5.74) is 0. The highest BCUT2D eigenvalue weighted by Gasteiger charge is 2.49. The van der Waals surface area contributed by atoms with Gasteiger partial charge in [0.2, 0.25) is 11.8 Å². The molecule has 3 rings (SSSR count). The Hall–Kier alpha value is -1.84. The van der Waals surface area contributed by atoms with E-state index in [1.807, 2.05) is 0 Å². The van der Waals surface area contributed by atoms with Crippen LogP contribution in [0.4, 0.5) is 13.2 Å². The van der Waals surface area contributed by atoms with Gasteiger partial charge >= 0.3 is 12.1 Å². The van der Waals surface area contributed by atoms with Crippen LogP contribution in [0.25, 0.3) is 0 Å². The molecule has 26 heavy (non-hydrogen) atoms. The van der Waals surface area contributed by atoms with Gasteiger partial charge in [0.05, 0.1) is 13.2 Å². The number of hydrogen-bond donors (Lipinski definition) is 0. The van der Waals surface area contributed by atoms with Crippen molar-refractivity contribution in [2.45, 2.75) is 43.9 Å². The van der Waals surface area contributed by atoms with Gasteiger partial charge in [-0.05, 0) is 25.7 Å². The molecule has 3 aliphatic heterocycles. The van der Waals surface area contributed by atoms with Crippen molar-refractivity contribution in [2.75, 3.05) is 39.4 Å². The second-order valence-electron chi connectivity index (χ2n) is 6.78. The van der Waals surface area contributed by atoms with E-state index in [2.05, 4.69) is 0 Å². The van der Waals surface area contributed by atoms with Crippen LogP contribution in [0.15, 0.2) is 0 Å². The minimum absolute atomic E-state index is 0.0926. The summed E-state index contributed by atoms with van der Waals surface area (Å²) in [5, 5.41) is 0. The van der Waals surface area contributed by atoms with Crippen molar-refractivity contribution in [1.82, 2.24) is 14.7 Å². The molecule has 146 valence electrons. The van der Waals surface area contributed by atoms with E-state index < -0.39 is 30.1 Å². The largest absolute Gasteiger partial charge is 0.471 e. The molecule has 0 bridgehead atoms. The molecule has 0 aromatic carbocycles. The van der Waals surface area contributed by atoms with Gasteiger partial charge in [0, 0.05) is 26.2 Å². The molecule has 0 aromatic heterocycles. The van der Waals surface area contributed by atoms with Crippen LogP contribution in [0.2, 0.25) is 0 Å². The molecule has 2 atom stereocenters. The fourth-order valence-electron chi connectivity index (χ4n) is 3.90. The van der Waals surface area contributed by atoms with Gasteiger partial charge in [0.1, 0.15) is 12.1 Å². The topological polar surface area (TPSA) is 70.2 Å². The van der Waals surface area contributed by atoms with E-state index >= 15 is 0 Å². The Morgan fingerprint density at radius 3 is 1.92 bits per heavy atom. The first-order chi connectivity index (χ1) is 12.3. The second-order valence-corrected chi connectivity index (χ2v) is 6.78. The quantitative estimate of drug-likeness (QED) is 0.698. The molecule has 0 spiro atoms. The summed E-state index contributed by atoms with van der Waals surface area (Å²) in [6.45, 7) is 1.99. The molecular weight excluding hydrogens is 355 g/mol. The summed E-state index contributed by atoms with van der Waals surface area (Å²) in [7, 11) is 0. The zero-order valence-electron chi connectivity index (χ0n) is 14.3. The summed E-state index contributed by atoms with van der Waals surface area (Å²) in [4.78, 5) is 40.8. The highest BCUT2D eigenvalue weighted by atomic mass is 19.4. The third kappa shape index (κ3) is 3.65. The molecule has 0 saturated carbocycles. The van der Waals surface area contributed by atoms with E-state index in [1.54, 1.807) is 4.90 Å². The van der Waals surface area contributed by atoms with Gasteiger partial charge in [-0.2, -0.15) is 13.2 Å². The standard InChI is InChI=1S/C16H22F3N3O4/c17-16(18,19)15(25)22-6-2-4-12(22)14(24)21-5-1-3-11(21)13(23)20-7-9-26-10-8-20/h11-12H,1-10H2/t11-,12?/m1/s1. The first kappa shape index (κ1) is 18.9. The van der Waals surface area contributed by atoms with Gasteiger partial charge in [-0.3, -0.25) is 14.4 Å². The molecule has 3 aliphatic rings. The van der Waals surface area contributed by atoms with E-state index in [0.717, 1.165) is 0 Å². The number of ether oxygens (including phenoxy) is 1. The summed E-state index contributed by atoms with van der Waals surface area (Å²) < 4.78 is 43.5. The van der Waals surface area contributed by atoms with Crippen LogP contribution in [0, 0.1) is 0 Å². The highest BCUT2D eigenvalue weighted by Crippen LogP contribution is 2.29. The van der Waals surface area contributed by atoms with Gasteiger partial charge in [-0.1, -0.05) is 0 Å². The SMILES string of the molecule is O=C([C@H]1CCCN1C(=O)C1CCCN1C(=O)C(F)(F)F)N1CCOCC1. The summed E-state index contributed by atoms with van der Waals surface area (Å²) in [6.07, 6.45) is -3.37. The van der Waals surface area contributed by atoms with Crippen molar-refractivity contribution in [2.24, 2.45) is 0 Å². The van der Waals surface area contributed by atoms with Crippen molar-refractivity contribution in [3.05, 3.63) is 0 Å². The Labute approximate surface area is 149 Å². The Morgan fingerprint density at radius 2 is 1.35 bits per heavy atom. The lowest BCUT2D eigenvalue weighted by Gasteiger charge is -2.34. The van der Waals surface area contributed by atoms with E-state index in [-0.39, 0.29) is 18.9 Å². The predicted octanol–water partition coefficient (Wildman–Crippen LogP) is 0.389. The van der Waals surface area contributed by atoms with Crippen molar-refractivity contribution in [3.8, 4) is 0 Å². The maximum Gasteiger partial charge on any atom is 0.471 e. The van der Waals surface area contributed by atoms with Gasteiger partial charge < -0.3 is 19.4 Å². The number of morpholine rings is 1. The Morgan fingerprint density at radius 1 is 0.808 bits per heavy atom. The fourth-order valence-corrected chi connectivity index (χ4v) is 3.90. The molecule has 0 aromatic rings. The lowest BCUT2D eigenvalue weighted by Crippen LogP contribution is -2.56. The molecule has 3 heterocycles. The number of hydrogen-bond acceptors (Lipinski definition) is 4. The van der Waals surface area contributed by atoms with Crippen LogP contribution in [0.1, 0.15) is 25.7 Å². The van der Waals surface area contributed by atoms with E-state index in [9.17, 15) is 27.6 Å². The van der Waals surface area contributed by atoms with Crippen LogP contribution in [0.3, 0.4) is 0 Å². The normalized spacial score (nSPS) is 27.1. The van der Waals surface area contributed by atoms with Crippen molar-refractivity contribution in [3.63, 3.8) is 0 Å². The number of nitrogens with zero attached hydrogens (tertiary/aromatic N) is 3. The molecule has 1 unspecified atom stereocenters. The number of amides is 3. The van der Waals surface area contributed by atoms with Crippen molar-refractivity contribution < 1.29 is 32.3 Å². The summed E-state index contributed by atoms with van der Waals surface area (Å²) in [6, 6.07) is -1.80. The van der Waals surface area contributed by atoms with Gasteiger partial charge in [-0.15, -0.1) is 0 Å². The molecule has 0 radical (unpaired) electrons. The number of carbonyl (C=O) groups is 3. The number of alkyl halides is 3. The summed E-state index contributed by atoms with van der Waals surface area (Å²) in [5.74, 6) is -2.72. The van der Waals surface area contributed by atoms with Gasteiger partial charge in [0.15, 0.2) is 0 Å². The number of carbonyl (C=O) groups excluding carboxylic acids is 3. The van der Waals surface area contributed by atoms with Crippen LogP contribution in [-0.4, -0.2) is 90.1 Å². The highest BCUT2D eigenvalue weighted by molar-refractivity contribution is 5.94. The Kier molecular flexibility index (Phi) is 5.40. The van der Waals surface area contributed by atoms with Crippen molar-refractivity contribution in [1.29, 1.82) is 0 Å². The Balaban J connectivity index is 1.71. The molecule has 3 saturated heterocycles. The molecular formula is C16H22F3N3O4. The fraction of sp³-hybridized carbons (Fsp3) is 0.812. The maximum atomic E-state index is 12.9. The first-order valence-corrected chi connectivity index (χ1v) is 8.85. The molecule has 10 heteroatoms. The van der Waals surface area contributed by atoms with Crippen LogP contribution >= 0.6 is 0 Å². The minimum Gasteiger partial charge on any atom is -0.378 e. The molecule has 3 fully saturated rings. The average Bonchev–Trinajstić information content (AvgIpc) is 3.29. The van der Waals surface area contributed by atoms with Crippen LogP contribution < -0.4 is 0 Å². The average molecular weight is 377 g/mol. The van der Waals surface area contributed by atoms with Gasteiger partial charge in [-0.25, -0.2) is 0 Å². The zero-order chi connectivity index (χ0) is 18.9. The molecule has 7 nitrogen and oxygen atoms in total. The first-order valence-electron chi connectivity index (χ1n) is 8.85. The summed E-state index contributed by atoms with van der Waals surface area (Å²) >= 11 is 0. The number of likely N-dealkylation sites (tertiary alicyclic amines) is 2. The van der Waals surface area contributed by atoms with Crippen LogP contribution in [-0.2, 0) is 19.1 Å². The van der Waals surface area contributed by atoms with Crippen LogP contribution in [0.5, 0.6) is 0 Å². The third-order valence-electron chi connectivity index (χ3n) is 5.18. The molecule has 0 N–H and O–H groups in total. The predicted molar refractivity (Wildman–Crippen MR) is 82.9 cm³/mol.